The number of nitrogens with zero attached hydrogens (tertiary/aromatic N) is 7. The Balaban J connectivity index is 1.23. The average molecular weight is 410 g/mol. The van der Waals surface area contributed by atoms with Crippen LogP contribution in [0.5, 0.6) is 0 Å². The van der Waals surface area contributed by atoms with E-state index in [1.807, 2.05) is 36.0 Å². The van der Waals surface area contributed by atoms with Gasteiger partial charge < -0.3 is 19.6 Å². The maximum Gasteiger partial charge on any atom is 0.236 e. The number of para-hydroxylation sites is 1. The summed E-state index contributed by atoms with van der Waals surface area (Å²) in [5.41, 5.74) is 1.24. The number of hydrogen-bond acceptors (Lipinski definition) is 7. The van der Waals surface area contributed by atoms with Gasteiger partial charge in [0.05, 0.1) is 6.54 Å². The van der Waals surface area contributed by atoms with Gasteiger partial charge in [-0.15, -0.1) is 0 Å². The molecule has 0 aliphatic carbocycles. The molecule has 1 aromatic carbocycles. The van der Waals surface area contributed by atoms with E-state index in [4.69, 9.17) is 0 Å². The maximum absolute atomic E-state index is 12.8. The highest BCUT2D eigenvalue weighted by molar-refractivity contribution is 5.78. The van der Waals surface area contributed by atoms with Crippen molar-refractivity contribution >= 4 is 23.2 Å². The van der Waals surface area contributed by atoms with Crippen LogP contribution < -0.4 is 14.7 Å². The van der Waals surface area contributed by atoms with Crippen molar-refractivity contribution in [3.8, 4) is 0 Å². The van der Waals surface area contributed by atoms with Crippen LogP contribution in [0.4, 0.5) is 17.3 Å². The molecule has 4 rings (SSSR count). The third-order valence-electron chi connectivity index (χ3n) is 5.91. The molecule has 0 radical (unpaired) electrons. The molecule has 0 spiro atoms. The van der Waals surface area contributed by atoms with Crippen molar-refractivity contribution in [3.63, 3.8) is 0 Å². The summed E-state index contributed by atoms with van der Waals surface area (Å²) in [5, 5.41) is 0. The van der Waals surface area contributed by atoms with Crippen LogP contribution in [-0.2, 0) is 4.79 Å². The van der Waals surface area contributed by atoms with Crippen LogP contribution in [0, 0.1) is 0 Å². The number of amides is 1. The van der Waals surface area contributed by atoms with Crippen LogP contribution in [0.25, 0.3) is 0 Å². The Morgan fingerprint density at radius 3 is 2.23 bits per heavy atom. The number of piperazine rings is 2. The lowest BCUT2D eigenvalue weighted by atomic mass is 10.2. The topological polar surface area (TPSA) is 59.1 Å². The van der Waals surface area contributed by atoms with Crippen LogP contribution in [0.1, 0.15) is 0 Å². The number of carbonyl (C=O) groups excluding carboxylic acids is 1. The second kappa shape index (κ2) is 9.30. The Morgan fingerprint density at radius 1 is 0.900 bits per heavy atom. The number of rotatable bonds is 5. The lowest BCUT2D eigenvalue weighted by Gasteiger charge is -2.39. The van der Waals surface area contributed by atoms with Crippen molar-refractivity contribution in [3.05, 3.63) is 42.7 Å². The van der Waals surface area contributed by atoms with E-state index in [1.54, 1.807) is 6.33 Å². The second-order valence-electron chi connectivity index (χ2n) is 8.10. The molecule has 2 saturated heterocycles. The highest BCUT2D eigenvalue weighted by Crippen LogP contribution is 2.18. The van der Waals surface area contributed by atoms with E-state index in [1.165, 1.54) is 5.69 Å². The van der Waals surface area contributed by atoms with Crippen LogP contribution in [0.15, 0.2) is 42.7 Å². The third kappa shape index (κ3) is 4.81. The Bertz CT molecular complexity index is 828. The number of hydrogen-bond donors (Lipinski definition) is 0. The zero-order valence-corrected chi connectivity index (χ0v) is 17.9. The summed E-state index contributed by atoms with van der Waals surface area (Å²) in [6.07, 6.45) is 1.62. The molecule has 1 aromatic heterocycles. The number of aromatic nitrogens is 2. The molecule has 2 aromatic rings. The molecule has 8 nitrogen and oxygen atoms in total. The van der Waals surface area contributed by atoms with Gasteiger partial charge in [0.2, 0.25) is 5.91 Å². The number of carbonyl (C=O) groups is 1. The summed E-state index contributed by atoms with van der Waals surface area (Å²) in [6, 6.07) is 12.5. The molecular weight excluding hydrogens is 378 g/mol. The van der Waals surface area contributed by atoms with Crippen LogP contribution in [0.2, 0.25) is 0 Å². The van der Waals surface area contributed by atoms with E-state index >= 15 is 0 Å². The predicted molar refractivity (Wildman–Crippen MR) is 120 cm³/mol. The fraction of sp³-hybridized carbons (Fsp3) is 0.500. The van der Waals surface area contributed by atoms with Crippen molar-refractivity contribution in [1.29, 1.82) is 0 Å². The van der Waals surface area contributed by atoms with Crippen molar-refractivity contribution in [1.82, 2.24) is 19.8 Å². The molecule has 0 saturated carbocycles. The zero-order chi connectivity index (χ0) is 20.9. The fourth-order valence-electron chi connectivity index (χ4n) is 4.03. The maximum atomic E-state index is 12.8. The molecule has 3 heterocycles. The summed E-state index contributed by atoms with van der Waals surface area (Å²) in [5.74, 6) is 2.11. The first-order chi connectivity index (χ1) is 14.6. The van der Waals surface area contributed by atoms with Crippen molar-refractivity contribution < 1.29 is 4.79 Å². The third-order valence-corrected chi connectivity index (χ3v) is 5.91. The van der Waals surface area contributed by atoms with Gasteiger partial charge in [-0.3, -0.25) is 9.69 Å². The lowest BCUT2D eigenvalue weighted by Crippen LogP contribution is -2.54. The molecule has 0 atom stereocenters. The highest BCUT2D eigenvalue weighted by Gasteiger charge is 2.25. The minimum atomic E-state index is 0.244. The summed E-state index contributed by atoms with van der Waals surface area (Å²) >= 11 is 0. The monoisotopic (exact) mass is 409 g/mol. The van der Waals surface area contributed by atoms with E-state index in [9.17, 15) is 4.79 Å². The first kappa shape index (κ1) is 20.4. The van der Waals surface area contributed by atoms with Crippen LogP contribution >= 0.6 is 0 Å². The Kier molecular flexibility index (Phi) is 6.32. The Labute approximate surface area is 178 Å². The van der Waals surface area contributed by atoms with E-state index < -0.39 is 0 Å². The molecule has 8 heteroatoms. The van der Waals surface area contributed by atoms with E-state index in [0.717, 1.165) is 64.0 Å². The van der Waals surface area contributed by atoms with Gasteiger partial charge in [-0.05, 0) is 12.1 Å². The molecule has 0 bridgehead atoms. The normalized spacial score (nSPS) is 17.9. The smallest absolute Gasteiger partial charge is 0.236 e. The molecular formula is C22H31N7O. The van der Waals surface area contributed by atoms with Crippen LogP contribution in [-0.4, -0.2) is 98.7 Å². The lowest BCUT2D eigenvalue weighted by molar-refractivity contribution is -0.132. The van der Waals surface area contributed by atoms with Crippen LogP contribution in [0.3, 0.4) is 0 Å². The SMILES string of the molecule is CN(C)c1cc(N2CCN(CC(=O)N3CCN(c4ccccc4)CC3)CC2)ncn1. The molecule has 30 heavy (non-hydrogen) atoms. The molecule has 0 N–H and O–H groups in total. The quantitative estimate of drug-likeness (QED) is 0.731. The van der Waals surface area contributed by atoms with Gasteiger partial charge in [-0.1, -0.05) is 18.2 Å². The molecule has 2 fully saturated rings. The second-order valence-corrected chi connectivity index (χ2v) is 8.10. The van der Waals surface area contributed by atoms with Gasteiger partial charge in [0.1, 0.15) is 18.0 Å². The van der Waals surface area contributed by atoms with Gasteiger partial charge in [-0.25, -0.2) is 9.97 Å². The predicted octanol–water partition coefficient (Wildman–Crippen LogP) is 1.01. The summed E-state index contributed by atoms with van der Waals surface area (Å²) in [6.45, 7) is 7.37. The van der Waals surface area contributed by atoms with Gasteiger partial charge >= 0.3 is 0 Å². The van der Waals surface area contributed by atoms with Gasteiger partial charge in [0, 0.05) is 78.2 Å². The van der Waals surface area contributed by atoms with Crippen molar-refractivity contribution in [2.75, 3.05) is 87.7 Å². The summed E-state index contributed by atoms with van der Waals surface area (Å²) in [7, 11) is 3.96. The minimum Gasteiger partial charge on any atom is -0.368 e. The molecule has 2 aliphatic heterocycles. The van der Waals surface area contributed by atoms with Crippen molar-refractivity contribution in [2.24, 2.45) is 0 Å². The molecule has 2 aliphatic rings. The summed E-state index contributed by atoms with van der Waals surface area (Å²) < 4.78 is 0. The largest absolute Gasteiger partial charge is 0.368 e. The molecule has 0 unspecified atom stereocenters. The number of benzene rings is 1. The van der Waals surface area contributed by atoms with Gasteiger partial charge in [0.25, 0.3) is 0 Å². The summed E-state index contributed by atoms with van der Waals surface area (Å²) in [4.78, 5) is 32.4. The van der Waals surface area contributed by atoms with Gasteiger partial charge in [0.15, 0.2) is 0 Å². The average Bonchev–Trinajstić information content (AvgIpc) is 2.80. The van der Waals surface area contributed by atoms with Crippen molar-refractivity contribution in [2.45, 2.75) is 0 Å². The van der Waals surface area contributed by atoms with E-state index in [-0.39, 0.29) is 5.91 Å². The first-order valence-corrected chi connectivity index (χ1v) is 10.6. The molecule has 160 valence electrons. The van der Waals surface area contributed by atoms with E-state index in [0.29, 0.717) is 6.54 Å². The zero-order valence-electron chi connectivity index (χ0n) is 17.9. The first-order valence-electron chi connectivity index (χ1n) is 10.6. The minimum absolute atomic E-state index is 0.244. The van der Waals surface area contributed by atoms with Gasteiger partial charge in [-0.2, -0.15) is 0 Å². The van der Waals surface area contributed by atoms with E-state index in [2.05, 4.69) is 48.9 Å². The fourth-order valence-corrected chi connectivity index (χ4v) is 4.03. The Hall–Kier alpha value is -2.87. The highest BCUT2D eigenvalue weighted by atomic mass is 16.2. The Morgan fingerprint density at radius 2 is 1.57 bits per heavy atom. The standard InChI is InChI=1S/C22H31N7O/c1-25(2)20-16-21(24-18-23-20)28-10-8-26(9-11-28)17-22(30)29-14-12-27(13-15-29)19-6-4-3-5-7-19/h3-7,16,18H,8-15,17H2,1-2H3. The molecule has 1 amide bonds. The number of anilines is 3.